The van der Waals surface area contributed by atoms with Gasteiger partial charge in [0.05, 0.1) is 18.2 Å². The van der Waals surface area contributed by atoms with Crippen LogP contribution in [0.15, 0.2) is 32.4 Å². The number of rotatable bonds is 3. The third-order valence-electron chi connectivity index (χ3n) is 3.82. The third-order valence-corrected chi connectivity index (χ3v) is 3.82. The van der Waals surface area contributed by atoms with Crippen LogP contribution in [0.2, 0.25) is 0 Å². The Balaban J connectivity index is 1.99. The van der Waals surface area contributed by atoms with Crippen LogP contribution in [0.5, 0.6) is 0 Å². The van der Waals surface area contributed by atoms with Crippen LogP contribution in [0.25, 0.3) is 11.0 Å². The molecule has 3 rings (SSSR count). The number of nitrogens with one attached hydrogen (secondary N) is 2. The van der Waals surface area contributed by atoms with E-state index >= 15 is 0 Å². The molecule has 8 nitrogen and oxygen atoms in total. The largest absolute Gasteiger partial charge is 0.467 e. The molecular formula is C16H16N4O4. The Labute approximate surface area is 136 Å². The van der Waals surface area contributed by atoms with E-state index in [2.05, 4.69) is 15.0 Å². The van der Waals surface area contributed by atoms with Crippen molar-refractivity contribution in [2.75, 3.05) is 7.05 Å². The molecule has 0 atom stereocenters. The summed E-state index contributed by atoms with van der Waals surface area (Å²) in [5, 5.41) is 0.260. The van der Waals surface area contributed by atoms with E-state index in [4.69, 9.17) is 4.42 Å². The van der Waals surface area contributed by atoms with Crippen LogP contribution in [-0.2, 0) is 6.54 Å². The highest BCUT2D eigenvalue weighted by atomic mass is 16.3. The van der Waals surface area contributed by atoms with Gasteiger partial charge in [0.15, 0.2) is 0 Å². The zero-order chi connectivity index (χ0) is 17.4. The number of nitrogens with zero attached hydrogens (tertiary/aromatic N) is 2. The minimum absolute atomic E-state index is 0.0923. The number of furan rings is 1. The van der Waals surface area contributed by atoms with Gasteiger partial charge in [-0.3, -0.25) is 19.6 Å². The van der Waals surface area contributed by atoms with Gasteiger partial charge in [0.25, 0.3) is 11.5 Å². The minimum atomic E-state index is -0.663. The summed E-state index contributed by atoms with van der Waals surface area (Å²) >= 11 is 0. The lowest BCUT2D eigenvalue weighted by Gasteiger charge is -2.16. The molecular weight excluding hydrogens is 312 g/mol. The lowest BCUT2D eigenvalue weighted by Crippen LogP contribution is -2.28. The average molecular weight is 328 g/mol. The molecule has 0 radical (unpaired) electrons. The first-order valence-electron chi connectivity index (χ1n) is 7.29. The molecule has 0 aliphatic carbocycles. The lowest BCUT2D eigenvalue weighted by molar-refractivity contribution is 0.0769. The molecule has 3 heterocycles. The average Bonchev–Trinajstić information content (AvgIpc) is 2.90. The van der Waals surface area contributed by atoms with Crippen LogP contribution >= 0.6 is 0 Å². The summed E-state index contributed by atoms with van der Waals surface area (Å²) in [6.45, 7) is 3.87. The smallest absolute Gasteiger partial charge is 0.327 e. The van der Waals surface area contributed by atoms with E-state index in [1.54, 1.807) is 20.2 Å². The van der Waals surface area contributed by atoms with Crippen LogP contribution in [0.3, 0.4) is 0 Å². The Hall–Kier alpha value is -3.16. The van der Waals surface area contributed by atoms with E-state index in [-0.39, 0.29) is 22.6 Å². The van der Waals surface area contributed by atoms with Crippen LogP contribution in [0.4, 0.5) is 0 Å². The summed E-state index contributed by atoms with van der Waals surface area (Å²) in [5.74, 6) is 0.352. The van der Waals surface area contributed by atoms with Crippen molar-refractivity contribution in [1.29, 1.82) is 0 Å². The number of amides is 1. The van der Waals surface area contributed by atoms with Crippen LogP contribution < -0.4 is 11.2 Å². The third kappa shape index (κ3) is 2.73. The Morgan fingerprint density at radius 2 is 2.00 bits per heavy atom. The van der Waals surface area contributed by atoms with Crippen molar-refractivity contribution in [2.24, 2.45) is 0 Å². The molecule has 0 saturated heterocycles. The molecule has 0 saturated carbocycles. The van der Waals surface area contributed by atoms with Gasteiger partial charge in [0.2, 0.25) is 0 Å². The minimum Gasteiger partial charge on any atom is -0.467 e. The molecule has 0 aliphatic heterocycles. The lowest BCUT2D eigenvalue weighted by atomic mass is 10.1. The van der Waals surface area contributed by atoms with Gasteiger partial charge in [-0.25, -0.2) is 9.78 Å². The quantitative estimate of drug-likeness (QED) is 0.747. The Kier molecular flexibility index (Phi) is 3.80. The number of carbonyl (C=O) groups excluding carboxylic acids is 1. The maximum Gasteiger partial charge on any atom is 0.327 e. The molecule has 2 N–H and O–H groups in total. The molecule has 0 spiro atoms. The summed E-state index contributed by atoms with van der Waals surface area (Å²) < 4.78 is 5.34. The highest BCUT2D eigenvalue weighted by molar-refractivity contribution is 5.94. The number of pyridine rings is 1. The number of aromatic amines is 2. The molecule has 8 heteroatoms. The van der Waals surface area contributed by atoms with Gasteiger partial charge in [0, 0.05) is 7.05 Å². The van der Waals surface area contributed by atoms with Crippen molar-refractivity contribution in [1.82, 2.24) is 19.9 Å². The van der Waals surface area contributed by atoms with Gasteiger partial charge >= 0.3 is 5.69 Å². The maximum atomic E-state index is 12.6. The molecule has 24 heavy (non-hydrogen) atoms. The predicted molar refractivity (Wildman–Crippen MR) is 87.0 cm³/mol. The molecule has 0 aliphatic rings. The highest BCUT2D eigenvalue weighted by Crippen LogP contribution is 2.15. The molecule has 3 aromatic rings. The normalized spacial score (nSPS) is 11.0. The van der Waals surface area contributed by atoms with E-state index in [9.17, 15) is 14.4 Å². The van der Waals surface area contributed by atoms with Gasteiger partial charge in [0.1, 0.15) is 17.1 Å². The molecule has 124 valence electrons. The summed E-state index contributed by atoms with van der Waals surface area (Å²) in [6.07, 6.45) is 1.57. The number of fused-ring (bicyclic) bond motifs is 1. The van der Waals surface area contributed by atoms with Crippen molar-refractivity contribution in [3.8, 4) is 0 Å². The van der Waals surface area contributed by atoms with Gasteiger partial charge in [-0.05, 0) is 37.1 Å². The summed E-state index contributed by atoms with van der Waals surface area (Å²) in [6, 6.07) is 3.35. The molecule has 0 aromatic carbocycles. The summed E-state index contributed by atoms with van der Waals surface area (Å²) in [5.41, 5.74) is 0.556. The second-order valence-electron chi connectivity index (χ2n) is 5.64. The van der Waals surface area contributed by atoms with E-state index < -0.39 is 11.2 Å². The fourth-order valence-corrected chi connectivity index (χ4v) is 2.51. The van der Waals surface area contributed by atoms with Crippen molar-refractivity contribution in [3.63, 3.8) is 0 Å². The van der Waals surface area contributed by atoms with E-state index in [0.717, 1.165) is 5.56 Å². The van der Waals surface area contributed by atoms with Crippen LogP contribution in [-0.4, -0.2) is 32.8 Å². The van der Waals surface area contributed by atoms with Crippen molar-refractivity contribution >= 4 is 16.9 Å². The SMILES string of the molecule is Cc1ccoc1CN(C)C(=O)c1cc(C)c2c(=O)[nH]c(=O)[nH]c2n1. The fraction of sp³-hybridized carbons (Fsp3) is 0.250. The first kappa shape index (κ1) is 15.7. The van der Waals surface area contributed by atoms with Gasteiger partial charge in [-0.2, -0.15) is 0 Å². The van der Waals surface area contributed by atoms with Crippen molar-refractivity contribution in [3.05, 3.63) is 61.8 Å². The first-order valence-corrected chi connectivity index (χ1v) is 7.29. The van der Waals surface area contributed by atoms with Gasteiger partial charge in [-0.1, -0.05) is 0 Å². The fourth-order valence-electron chi connectivity index (χ4n) is 2.51. The van der Waals surface area contributed by atoms with Crippen LogP contribution in [0.1, 0.15) is 27.4 Å². The number of aromatic nitrogens is 3. The predicted octanol–water partition coefficient (Wildman–Crippen LogP) is 1.09. The number of H-pyrrole nitrogens is 2. The highest BCUT2D eigenvalue weighted by Gasteiger charge is 2.18. The van der Waals surface area contributed by atoms with Gasteiger partial charge < -0.3 is 9.32 Å². The molecule has 0 unspecified atom stereocenters. The Morgan fingerprint density at radius 1 is 1.25 bits per heavy atom. The standard InChI is InChI=1S/C16H16N4O4/c1-8-4-5-24-11(8)7-20(3)15(22)10-6-9(2)12-13(17-10)18-16(23)19-14(12)21/h4-6H,7H2,1-3H3,(H2,17,18,19,21,23). The second kappa shape index (κ2) is 5.80. The number of aryl methyl sites for hydroxylation is 2. The maximum absolute atomic E-state index is 12.6. The second-order valence-corrected chi connectivity index (χ2v) is 5.64. The monoisotopic (exact) mass is 328 g/mol. The summed E-state index contributed by atoms with van der Waals surface area (Å²) in [7, 11) is 1.63. The zero-order valence-corrected chi connectivity index (χ0v) is 13.5. The zero-order valence-electron chi connectivity index (χ0n) is 13.5. The van der Waals surface area contributed by atoms with E-state index in [1.807, 2.05) is 13.0 Å². The molecule has 0 bridgehead atoms. The Morgan fingerprint density at radius 3 is 2.67 bits per heavy atom. The molecule has 1 amide bonds. The first-order chi connectivity index (χ1) is 11.4. The van der Waals surface area contributed by atoms with E-state index in [1.165, 1.54) is 11.0 Å². The van der Waals surface area contributed by atoms with Crippen molar-refractivity contribution in [2.45, 2.75) is 20.4 Å². The number of hydrogen-bond donors (Lipinski definition) is 2. The van der Waals surface area contributed by atoms with E-state index in [0.29, 0.717) is 17.9 Å². The Bertz CT molecular complexity index is 1040. The number of carbonyl (C=O) groups is 1. The van der Waals surface area contributed by atoms with Crippen LogP contribution in [0, 0.1) is 13.8 Å². The number of hydrogen-bond acceptors (Lipinski definition) is 5. The summed E-state index contributed by atoms with van der Waals surface area (Å²) in [4.78, 5) is 46.1. The molecule has 3 aromatic heterocycles. The van der Waals surface area contributed by atoms with Crippen molar-refractivity contribution < 1.29 is 9.21 Å². The van der Waals surface area contributed by atoms with Gasteiger partial charge in [-0.15, -0.1) is 0 Å². The molecule has 0 fully saturated rings. The topological polar surface area (TPSA) is 112 Å².